The topological polar surface area (TPSA) is 21.3 Å². The molecule has 0 aliphatic carbocycles. The van der Waals surface area contributed by atoms with E-state index in [4.69, 9.17) is 4.42 Å². The van der Waals surface area contributed by atoms with Gasteiger partial charge in [-0.2, -0.15) is 0 Å². The first-order chi connectivity index (χ1) is 34.2. The van der Waals surface area contributed by atoms with Crippen molar-refractivity contribution in [2.24, 2.45) is 0 Å². The summed E-state index contributed by atoms with van der Waals surface area (Å²) in [4.78, 5) is 2.44. The van der Waals surface area contributed by atoms with Gasteiger partial charge in [0.25, 0.3) is 0 Å². The molecule has 0 N–H and O–H groups in total. The van der Waals surface area contributed by atoms with Gasteiger partial charge in [0, 0.05) is 44.0 Å². The molecule has 0 fully saturated rings. The van der Waals surface area contributed by atoms with Gasteiger partial charge in [0.05, 0.1) is 22.4 Å². The van der Waals surface area contributed by atoms with Crippen molar-refractivity contribution >= 4 is 60.8 Å². The number of para-hydroxylation sites is 5. The average molecular weight is 881 g/mol. The fraction of sp³-hybridized carbons (Fsp3) is 0. The number of hydrogen-bond donors (Lipinski definition) is 0. The highest BCUT2D eigenvalue weighted by Crippen LogP contribution is 2.48. The van der Waals surface area contributed by atoms with E-state index in [-0.39, 0.29) is 0 Å². The monoisotopic (exact) mass is 880 g/mol. The molecule has 0 radical (unpaired) electrons. The average Bonchev–Trinajstić information content (AvgIpc) is 3.98. The van der Waals surface area contributed by atoms with Crippen molar-refractivity contribution in [3.8, 4) is 61.3 Å². The van der Waals surface area contributed by atoms with Crippen LogP contribution in [0, 0.1) is 0 Å². The number of anilines is 3. The summed E-state index contributed by atoms with van der Waals surface area (Å²) in [7, 11) is 0. The Hall–Kier alpha value is -9.18. The van der Waals surface area contributed by atoms with E-state index >= 15 is 0 Å². The van der Waals surface area contributed by atoms with Gasteiger partial charge in [0.1, 0.15) is 11.2 Å². The number of nitrogens with zero attached hydrogens (tertiary/aromatic N) is 2. The molecular formula is C66H44N2O. The predicted molar refractivity (Wildman–Crippen MR) is 290 cm³/mol. The highest BCUT2D eigenvalue weighted by molar-refractivity contribution is 6.14. The molecule has 0 saturated heterocycles. The van der Waals surface area contributed by atoms with E-state index in [0.29, 0.717) is 0 Å². The summed E-state index contributed by atoms with van der Waals surface area (Å²) in [6.45, 7) is 0. The van der Waals surface area contributed by atoms with Crippen LogP contribution in [0.15, 0.2) is 271 Å². The fourth-order valence-corrected chi connectivity index (χ4v) is 10.5. The summed E-state index contributed by atoms with van der Waals surface area (Å²) in [6, 6.07) is 96.1. The highest BCUT2D eigenvalue weighted by Gasteiger charge is 2.23. The predicted octanol–water partition coefficient (Wildman–Crippen LogP) is 18.5. The van der Waals surface area contributed by atoms with Crippen LogP contribution >= 0.6 is 0 Å². The Morgan fingerprint density at radius 2 is 0.754 bits per heavy atom. The number of fused-ring (bicyclic) bond motifs is 6. The van der Waals surface area contributed by atoms with E-state index in [1.54, 1.807) is 0 Å². The zero-order chi connectivity index (χ0) is 45.7. The van der Waals surface area contributed by atoms with Gasteiger partial charge in [-0.1, -0.05) is 206 Å². The van der Waals surface area contributed by atoms with E-state index in [2.05, 4.69) is 270 Å². The molecule has 0 aliphatic heterocycles. The molecular weight excluding hydrogens is 837 g/mol. The quantitative estimate of drug-likeness (QED) is 0.144. The lowest BCUT2D eigenvalue weighted by Gasteiger charge is -2.30. The SMILES string of the molecule is c1ccc(-c2ccccc2-c2ccccc2N(c2ccc(-c3ccc(-c4cccc(-n5c6ccccc6c6ccccc65)c4)cc3)cc2)c2ccccc2-c2cccc3oc4ccccc4c23)cc1. The molecule has 324 valence electrons. The minimum atomic E-state index is 0.874. The third kappa shape index (κ3) is 6.99. The summed E-state index contributed by atoms with van der Waals surface area (Å²) in [5.41, 5.74) is 20.1. The molecule has 13 aromatic rings. The number of furan rings is 1. The summed E-state index contributed by atoms with van der Waals surface area (Å²) in [6.07, 6.45) is 0. The Morgan fingerprint density at radius 1 is 0.290 bits per heavy atom. The van der Waals surface area contributed by atoms with Gasteiger partial charge >= 0.3 is 0 Å². The lowest BCUT2D eigenvalue weighted by molar-refractivity contribution is 0.669. The van der Waals surface area contributed by atoms with Crippen LogP contribution in [0.3, 0.4) is 0 Å². The Bertz CT molecular complexity index is 3960. The van der Waals surface area contributed by atoms with E-state index in [0.717, 1.165) is 72.5 Å². The molecule has 0 spiro atoms. The Labute approximate surface area is 401 Å². The molecule has 0 amide bonds. The first-order valence-corrected chi connectivity index (χ1v) is 23.6. The lowest BCUT2D eigenvalue weighted by Crippen LogP contribution is -2.12. The third-order valence-corrected chi connectivity index (χ3v) is 13.6. The first kappa shape index (κ1) is 40.1. The minimum absolute atomic E-state index is 0.874. The maximum absolute atomic E-state index is 6.44. The van der Waals surface area contributed by atoms with Crippen molar-refractivity contribution in [2.45, 2.75) is 0 Å². The van der Waals surface area contributed by atoms with Crippen LogP contribution in [0.25, 0.3) is 105 Å². The molecule has 0 bridgehead atoms. The van der Waals surface area contributed by atoms with Crippen molar-refractivity contribution in [1.29, 1.82) is 0 Å². The van der Waals surface area contributed by atoms with Gasteiger partial charge < -0.3 is 13.9 Å². The van der Waals surface area contributed by atoms with Crippen LogP contribution in [0.1, 0.15) is 0 Å². The maximum atomic E-state index is 6.44. The zero-order valence-corrected chi connectivity index (χ0v) is 37.7. The van der Waals surface area contributed by atoms with Crippen LogP contribution in [-0.2, 0) is 0 Å². The van der Waals surface area contributed by atoms with Crippen molar-refractivity contribution in [2.75, 3.05) is 4.90 Å². The van der Waals surface area contributed by atoms with Gasteiger partial charge in [-0.05, 0) is 105 Å². The summed E-state index contributed by atoms with van der Waals surface area (Å²) in [5.74, 6) is 0. The van der Waals surface area contributed by atoms with Crippen molar-refractivity contribution in [3.63, 3.8) is 0 Å². The molecule has 0 unspecified atom stereocenters. The number of hydrogen-bond acceptors (Lipinski definition) is 2. The lowest BCUT2D eigenvalue weighted by atomic mass is 9.92. The van der Waals surface area contributed by atoms with E-state index < -0.39 is 0 Å². The van der Waals surface area contributed by atoms with Crippen LogP contribution < -0.4 is 4.90 Å². The highest BCUT2D eigenvalue weighted by atomic mass is 16.3. The van der Waals surface area contributed by atoms with Crippen molar-refractivity contribution in [3.05, 3.63) is 267 Å². The second-order valence-electron chi connectivity index (χ2n) is 17.6. The van der Waals surface area contributed by atoms with Gasteiger partial charge in [-0.3, -0.25) is 0 Å². The molecule has 11 aromatic carbocycles. The fourth-order valence-electron chi connectivity index (χ4n) is 10.5. The van der Waals surface area contributed by atoms with Gasteiger partial charge in [0.15, 0.2) is 0 Å². The van der Waals surface area contributed by atoms with E-state index in [1.807, 2.05) is 6.07 Å². The van der Waals surface area contributed by atoms with Crippen LogP contribution in [0.5, 0.6) is 0 Å². The van der Waals surface area contributed by atoms with E-state index in [9.17, 15) is 0 Å². The first-order valence-electron chi connectivity index (χ1n) is 23.6. The van der Waals surface area contributed by atoms with Crippen molar-refractivity contribution in [1.82, 2.24) is 4.57 Å². The van der Waals surface area contributed by atoms with Gasteiger partial charge in [0.2, 0.25) is 0 Å². The maximum Gasteiger partial charge on any atom is 0.136 e. The smallest absolute Gasteiger partial charge is 0.136 e. The Kier molecular flexibility index (Phi) is 9.84. The molecule has 2 heterocycles. The van der Waals surface area contributed by atoms with Gasteiger partial charge in [-0.15, -0.1) is 0 Å². The molecule has 2 aromatic heterocycles. The summed E-state index contributed by atoms with van der Waals surface area (Å²) in [5, 5.41) is 4.74. The molecule has 69 heavy (non-hydrogen) atoms. The Morgan fingerprint density at radius 3 is 1.43 bits per heavy atom. The molecule has 0 saturated carbocycles. The number of aromatic nitrogens is 1. The molecule has 0 atom stereocenters. The third-order valence-electron chi connectivity index (χ3n) is 13.6. The Balaban J connectivity index is 0.914. The normalized spacial score (nSPS) is 11.5. The number of benzene rings is 11. The zero-order valence-electron chi connectivity index (χ0n) is 37.7. The standard InChI is InChI=1S/C66H44N2O/c1-2-18-48(19-3-1)52-22-4-5-23-53(52)54-24-6-11-30-60(54)67(63-33-14-9-27-57(63)58-29-17-35-65-66(58)59-28-10-15-34-64(59)69-65)50-42-40-46(41-43-50)45-36-38-47(39-37-45)49-20-16-21-51(44-49)68-61-31-12-7-25-55(61)56-26-8-13-32-62(56)68/h1-44H. The van der Waals surface area contributed by atoms with Crippen LogP contribution in [-0.4, -0.2) is 4.57 Å². The van der Waals surface area contributed by atoms with E-state index in [1.165, 1.54) is 49.6 Å². The molecule has 3 heteroatoms. The van der Waals surface area contributed by atoms with Crippen LogP contribution in [0.4, 0.5) is 17.1 Å². The second kappa shape index (κ2) is 16.9. The molecule has 0 aliphatic rings. The van der Waals surface area contributed by atoms with Crippen molar-refractivity contribution < 1.29 is 4.42 Å². The number of rotatable bonds is 9. The molecule has 13 rings (SSSR count). The molecule has 3 nitrogen and oxygen atoms in total. The largest absolute Gasteiger partial charge is 0.456 e. The van der Waals surface area contributed by atoms with Gasteiger partial charge in [-0.25, -0.2) is 0 Å². The van der Waals surface area contributed by atoms with Crippen LogP contribution in [0.2, 0.25) is 0 Å². The summed E-state index contributed by atoms with van der Waals surface area (Å²) >= 11 is 0. The minimum Gasteiger partial charge on any atom is -0.456 e. The summed E-state index contributed by atoms with van der Waals surface area (Å²) < 4.78 is 8.82. The second-order valence-corrected chi connectivity index (χ2v) is 17.6.